The second-order valence-electron chi connectivity index (χ2n) is 3.80. The van der Waals surface area contributed by atoms with Crippen molar-refractivity contribution in [1.29, 1.82) is 0 Å². The van der Waals surface area contributed by atoms with Crippen molar-refractivity contribution in [3.05, 3.63) is 29.0 Å². The van der Waals surface area contributed by atoms with E-state index < -0.39 is 11.4 Å². The molecule has 0 atom stereocenters. The molecule has 0 spiro atoms. The van der Waals surface area contributed by atoms with E-state index >= 15 is 0 Å². The maximum atomic E-state index is 12.8. The van der Waals surface area contributed by atoms with E-state index in [1.807, 2.05) is 0 Å². The first kappa shape index (κ1) is 11.9. The first-order chi connectivity index (χ1) is 6.80. The summed E-state index contributed by atoms with van der Waals surface area (Å²) in [5, 5.41) is 2.50. The molecule has 1 aromatic rings. The molecule has 3 nitrogen and oxygen atoms in total. The van der Waals surface area contributed by atoms with Gasteiger partial charge in [-0.1, -0.05) is 11.6 Å². The predicted molar refractivity (Wildman–Crippen MR) is 58.3 cm³/mol. The molecular weight excluding hydrogens is 219 g/mol. The lowest BCUT2D eigenvalue weighted by Gasteiger charge is -2.17. The van der Waals surface area contributed by atoms with Gasteiger partial charge in [0.2, 0.25) is 5.91 Å². The number of nitrogens with one attached hydrogen (secondary N) is 1. The Bertz CT molecular complexity index is 387. The van der Waals surface area contributed by atoms with Crippen LogP contribution in [0.25, 0.3) is 0 Å². The topological polar surface area (TPSA) is 55.1 Å². The maximum Gasteiger partial charge on any atom is 0.243 e. The van der Waals surface area contributed by atoms with Crippen LogP contribution in [-0.2, 0) is 4.79 Å². The van der Waals surface area contributed by atoms with Crippen molar-refractivity contribution < 1.29 is 9.18 Å². The van der Waals surface area contributed by atoms with Crippen molar-refractivity contribution in [3.63, 3.8) is 0 Å². The van der Waals surface area contributed by atoms with E-state index in [9.17, 15) is 9.18 Å². The Morgan fingerprint density at radius 2 is 2.13 bits per heavy atom. The third-order valence-corrected chi connectivity index (χ3v) is 2.05. The number of amides is 1. The minimum Gasteiger partial charge on any atom is -0.324 e. The first-order valence-electron chi connectivity index (χ1n) is 4.36. The third kappa shape index (κ3) is 3.18. The molecule has 0 heterocycles. The largest absolute Gasteiger partial charge is 0.324 e. The van der Waals surface area contributed by atoms with Crippen LogP contribution in [0.4, 0.5) is 10.1 Å². The van der Waals surface area contributed by atoms with Gasteiger partial charge in [0, 0.05) is 5.69 Å². The first-order valence-corrected chi connectivity index (χ1v) is 4.74. The Morgan fingerprint density at radius 3 is 2.60 bits per heavy atom. The van der Waals surface area contributed by atoms with Crippen LogP contribution in [0.2, 0.25) is 5.02 Å². The van der Waals surface area contributed by atoms with Gasteiger partial charge in [0.25, 0.3) is 0 Å². The predicted octanol–water partition coefficient (Wildman–Crippen LogP) is 2.15. The molecule has 1 aromatic carbocycles. The number of benzene rings is 1. The van der Waals surface area contributed by atoms with E-state index in [0.717, 1.165) is 0 Å². The summed E-state index contributed by atoms with van der Waals surface area (Å²) < 4.78 is 12.8. The average molecular weight is 231 g/mol. The van der Waals surface area contributed by atoms with Crippen LogP contribution >= 0.6 is 11.6 Å². The van der Waals surface area contributed by atoms with Crippen molar-refractivity contribution in [3.8, 4) is 0 Å². The van der Waals surface area contributed by atoms with Crippen molar-refractivity contribution in [1.82, 2.24) is 0 Å². The molecule has 3 N–H and O–H groups in total. The zero-order valence-electron chi connectivity index (χ0n) is 8.47. The number of anilines is 1. The molecule has 0 aliphatic heterocycles. The molecule has 0 saturated carbocycles. The zero-order valence-corrected chi connectivity index (χ0v) is 9.23. The highest BCUT2D eigenvalue weighted by Crippen LogP contribution is 2.19. The van der Waals surface area contributed by atoms with Crippen LogP contribution in [0.5, 0.6) is 0 Å². The van der Waals surface area contributed by atoms with E-state index in [-0.39, 0.29) is 10.9 Å². The van der Waals surface area contributed by atoms with E-state index in [2.05, 4.69) is 5.32 Å². The van der Waals surface area contributed by atoms with Crippen LogP contribution in [0, 0.1) is 5.82 Å². The quantitative estimate of drug-likeness (QED) is 0.818. The van der Waals surface area contributed by atoms with Gasteiger partial charge in [0.05, 0.1) is 10.6 Å². The highest BCUT2D eigenvalue weighted by molar-refractivity contribution is 6.31. The third-order valence-electron chi connectivity index (χ3n) is 1.76. The molecular formula is C10H12ClFN2O. The van der Waals surface area contributed by atoms with E-state index in [4.69, 9.17) is 17.3 Å². The highest BCUT2D eigenvalue weighted by Gasteiger charge is 2.21. The summed E-state index contributed by atoms with van der Waals surface area (Å²) in [5.74, 6) is -0.883. The Balaban J connectivity index is 2.83. The van der Waals surface area contributed by atoms with Crippen molar-refractivity contribution in [2.45, 2.75) is 19.4 Å². The van der Waals surface area contributed by atoms with Gasteiger partial charge in [-0.2, -0.15) is 0 Å². The number of rotatable bonds is 2. The molecule has 0 saturated heterocycles. The van der Waals surface area contributed by atoms with Crippen LogP contribution in [-0.4, -0.2) is 11.4 Å². The summed E-state index contributed by atoms with van der Waals surface area (Å²) in [5.41, 5.74) is 5.01. The highest BCUT2D eigenvalue weighted by atomic mass is 35.5. The standard InChI is InChI=1S/C10H12ClFN2O/c1-10(2,13)9(15)14-6-3-4-8(12)7(11)5-6/h3-5H,13H2,1-2H3,(H,14,15). The number of halogens is 2. The monoisotopic (exact) mass is 230 g/mol. The molecule has 0 aliphatic carbocycles. The minimum absolute atomic E-state index is 0.0392. The summed E-state index contributed by atoms with van der Waals surface area (Å²) in [6.07, 6.45) is 0. The lowest BCUT2D eigenvalue weighted by atomic mass is 10.1. The number of nitrogens with two attached hydrogens (primary N) is 1. The number of hydrogen-bond donors (Lipinski definition) is 2. The number of carbonyl (C=O) groups is 1. The number of carbonyl (C=O) groups excluding carboxylic acids is 1. The minimum atomic E-state index is -0.985. The average Bonchev–Trinajstić information content (AvgIpc) is 2.10. The SMILES string of the molecule is CC(C)(N)C(=O)Nc1ccc(F)c(Cl)c1. The second kappa shape index (κ2) is 4.16. The van der Waals surface area contributed by atoms with Gasteiger partial charge in [-0.05, 0) is 32.0 Å². The van der Waals surface area contributed by atoms with Crippen LogP contribution in [0.1, 0.15) is 13.8 Å². The van der Waals surface area contributed by atoms with Crippen molar-refractivity contribution >= 4 is 23.2 Å². The smallest absolute Gasteiger partial charge is 0.243 e. The van der Waals surface area contributed by atoms with E-state index in [0.29, 0.717) is 5.69 Å². The van der Waals surface area contributed by atoms with Gasteiger partial charge in [-0.15, -0.1) is 0 Å². The van der Waals surface area contributed by atoms with E-state index in [1.165, 1.54) is 18.2 Å². The van der Waals surface area contributed by atoms with Gasteiger partial charge in [0.15, 0.2) is 0 Å². The summed E-state index contributed by atoms with van der Waals surface area (Å²) >= 11 is 5.55. The van der Waals surface area contributed by atoms with Gasteiger partial charge < -0.3 is 11.1 Å². The van der Waals surface area contributed by atoms with Gasteiger partial charge in [-0.3, -0.25) is 4.79 Å². The normalized spacial score (nSPS) is 11.3. The number of hydrogen-bond acceptors (Lipinski definition) is 2. The molecule has 0 bridgehead atoms. The molecule has 1 amide bonds. The Morgan fingerprint density at radius 1 is 1.53 bits per heavy atom. The fraction of sp³-hybridized carbons (Fsp3) is 0.300. The Hall–Kier alpha value is -1.13. The van der Waals surface area contributed by atoms with Crippen LogP contribution in [0.3, 0.4) is 0 Å². The molecule has 0 unspecified atom stereocenters. The van der Waals surface area contributed by atoms with Crippen molar-refractivity contribution in [2.75, 3.05) is 5.32 Å². The van der Waals surface area contributed by atoms with Gasteiger partial charge in [-0.25, -0.2) is 4.39 Å². The summed E-state index contributed by atoms with van der Waals surface area (Å²) in [7, 11) is 0. The molecule has 5 heteroatoms. The molecule has 82 valence electrons. The fourth-order valence-corrected chi connectivity index (χ4v) is 1.05. The fourth-order valence-electron chi connectivity index (χ4n) is 0.866. The molecule has 0 aliphatic rings. The molecule has 0 radical (unpaired) electrons. The Kier molecular flexibility index (Phi) is 3.31. The zero-order chi connectivity index (χ0) is 11.6. The van der Waals surface area contributed by atoms with Gasteiger partial charge in [0.1, 0.15) is 5.82 Å². The lowest BCUT2D eigenvalue weighted by molar-refractivity contribution is -0.120. The maximum absolute atomic E-state index is 12.8. The summed E-state index contributed by atoms with van der Waals surface area (Å²) in [6, 6.07) is 3.94. The molecule has 15 heavy (non-hydrogen) atoms. The summed E-state index contributed by atoms with van der Waals surface area (Å²) in [4.78, 5) is 11.5. The lowest BCUT2D eigenvalue weighted by Crippen LogP contribution is -2.45. The van der Waals surface area contributed by atoms with Crippen LogP contribution in [0.15, 0.2) is 18.2 Å². The van der Waals surface area contributed by atoms with Gasteiger partial charge >= 0.3 is 0 Å². The van der Waals surface area contributed by atoms with E-state index in [1.54, 1.807) is 13.8 Å². The second-order valence-corrected chi connectivity index (χ2v) is 4.21. The molecule has 1 rings (SSSR count). The van der Waals surface area contributed by atoms with Crippen molar-refractivity contribution in [2.24, 2.45) is 5.73 Å². The molecule has 0 fully saturated rings. The summed E-state index contributed by atoms with van der Waals surface area (Å²) in [6.45, 7) is 3.15. The Labute approximate surface area is 92.4 Å². The van der Waals surface area contributed by atoms with Crippen LogP contribution < -0.4 is 11.1 Å². The molecule has 0 aromatic heterocycles.